The maximum Gasteiger partial charge on any atom is 0.250 e. The number of nitrogens with two attached hydrogens (primary N) is 1. The number of hydrogen-bond donors (Lipinski definition) is 1. The van der Waals surface area contributed by atoms with Crippen LogP contribution in [0.2, 0.25) is 0 Å². The summed E-state index contributed by atoms with van der Waals surface area (Å²) in [5.41, 5.74) is 5.37. The molecule has 1 unspecified atom stereocenters. The van der Waals surface area contributed by atoms with E-state index in [4.69, 9.17) is 10.6 Å². The third-order valence-corrected chi connectivity index (χ3v) is 1.71. The lowest BCUT2D eigenvalue weighted by molar-refractivity contribution is -0.173. The Hall–Kier alpha value is -0.610. The van der Waals surface area contributed by atoms with Crippen molar-refractivity contribution in [2.45, 2.75) is 13.3 Å². The lowest BCUT2D eigenvalue weighted by atomic mass is 10.1. The van der Waals surface area contributed by atoms with Gasteiger partial charge in [0.2, 0.25) is 5.91 Å². The van der Waals surface area contributed by atoms with E-state index in [2.05, 4.69) is 0 Å². The molecule has 0 saturated heterocycles. The number of rotatable bonds is 4. The van der Waals surface area contributed by atoms with Crippen LogP contribution < -0.4 is 5.73 Å². The van der Waals surface area contributed by atoms with Crippen LogP contribution in [0, 0.1) is 5.92 Å². The summed E-state index contributed by atoms with van der Waals surface area (Å²) in [4.78, 5) is 16.0. The van der Waals surface area contributed by atoms with Gasteiger partial charge in [-0.05, 0) is 6.42 Å². The van der Waals surface area contributed by atoms with Crippen LogP contribution >= 0.6 is 0 Å². The number of carbonyl (C=O) groups excluding carboxylic acids is 1. The Kier molecular flexibility index (Phi) is 4.81. The molecule has 0 rings (SSSR count). The van der Waals surface area contributed by atoms with Gasteiger partial charge in [0.1, 0.15) is 0 Å². The topological polar surface area (TPSA) is 55.6 Å². The standard InChI is InChI=1S/C7H16N2O2/c1-4-6(5-8)7(10)9(2)11-3/h6H,4-5,8H2,1-3H3. The summed E-state index contributed by atoms with van der Waals surface area (Å²) in [6.07, 6.45) is 0.753. The molecule has 0 aromatic carbocycles. The fourth-order valence-electron chi connectivity index (χ4n) is 0.789. The fraction of sp³-hybridized carbons (Fsp3) is 0.857. The molecule has 66 valence electrons. The molecule has 0 aliphatic rings. The molecular weight excluding hydrogens is 144 g/mol. The Morgan fingerprint density at radius 1 is 1.73 bits per heavy atom. The van der Waals surface area contributed by atoms with Gasteiger partial charge in [-0.2, -0.15) is 0 Å². The predicted octanol–water partition coefficient (Wildman–Crippen LogP) is -0.00890. The third-order valence-electron chi connectivity index (χ3n) is 1.71. The van der Waals surface area contributed by atoms with E-state index in [-0.39, 0.29) is 11.8 Å². The highest BCUT2D eigenvalue weighted by molar-refractivity contribution is 5.77. The lowest BCUT2D eigenvalue weighted by Gasteiger charge is -2.18. The van der Waals surface area contributed by atoms with E-state index in [1.807, 2.05) is 6.92 Å². The first-order chi connectivity index (χ1) is 5.17. The summed E-state index contributed by atoms with van der Waals surface area (Å²) in [5.74, 6) is -0.169. The number of amides is 1. The van der Waals surface area contributed by atoms with Gasteiger partial charge < -0.3 is 5.73 Å². The highest BCUT2D eigenvalue weighted by Crippen LogP contribution is 2.03. The average Bonchev–Trinajstić information content (AvgIpc) is 2.05. The Morgan fingerprint density at radius 2 is 2.27 bits per heavy atom. The molecule has 0 aliphatic heterocycles. The minimum absolute atomic E-state index is 0.0579. The molecule has 0 heterocycles. The molecule has 0 aromatic heterocycles. The van der Waals surface area contributed by atoms with Crippen LogP contribution in [0.15, 0.2) is 0 Å². The van der Waals surface area contributed by atoms with Crippen molar-refractivity contribution in [3.05, 3.63) is 0 Å². The van der Waals surface area contributed by atoms with Gasteiger partial charge in [0.15, 0.2) is 0 Å². The number of carbonyl (C=O) groups is 1. The van der Waals surface area contributed by atoms with Gasteiger partial charge in [-0.3, -0.25) is 9.63 Å². The van der Waals surface area contributed by atoms with E-state index in [0.29, 0.717) is 6.54 Å². The van der Waals surface area contributed by atoms with Gasteiger partial charge in [0.25, 0.3) is 0 Å². The quantitative estimate of drug-likeness (QED) is 0.588. The first kappa shape index (κ1) is 10.4. The third kappa shape index (κ3) is 2.86. The van der Waals surface area contributed by atoms with Crippen LogP contribution in [0.3, 0.4) is 0 Å². The zero-order valence-corrected chi connectivity index (χ0v) is 7.33. The maximum absolute atomic E-state index is 11.3. The highest BCUT2D eigenvalue weighted by atomic mass is 16.7. The van der Waals surface area contributed by atoms with Gasteiger partial charge >= 0.3 is 0 Å². The summed E-state index contributed by atoms with van der Waals surface area (Å²) >= 11 is 0. The van der Waals surface area contributed by atoms with Gasteiger partial charge in [0, 0.05) is 13.6 Å². The van der Waals surface area contributed by atoms with Crippen molar-refractivity contribution < 1.29 is 9.63 Å². The molecule has 1 atom stereocenters. The molecular formula is C7H16N2O2. The molecule has 4 heteroatoms. The van der Waals surface area contributed by atoms with Gasteiger partial charge in [-0.15, -0.1) is 0 Å². The Balaban J connectivity index is 3.97. The Bertz CT molecular complexity index is 124. The largest absolute Gasteiger partial charge is 0.330 e. The normalized spacial score (nSPS) is 12.7. The molecule has 0 aromatic rings. The molecule has 4 nitrogen and oxygen atoms in total. The Morgan fingerprint density at radius 3 is 2.55 bits per heavy atom. The molecule has 2 N–H and O–H groups in total. The molecule has 11 heavy (non-hydrogen) atoms. The SMILES string of the molecule is CCC(CN)C(=O)N(C)OC. The molecule has 0 radical (unpaired) electrons. The second-order valence-corrected chi connectivity index (χ2v) is 2.36. The second-order valence-electron chi connectivity index (χ2n) is 2.36. The van der Waals surface area contributed by atoms with Crippen molar-refractivity contribution in [1.82, 2.24) is 5.06 Å². The monoisotopic (exact) mass is 160 g/mol. The van der Waals surface area contributed by atoms with Crippen LogP contribution in [0.1, 0.15) is 13.3 Å². The van der Waals surface area contributed by atoms with Crippen molar-refractivity contribution in [3.8, 4) is 0 Å². The van der Waals surface area contributed by atoms with E-state index in [0.717, 1.165) is 6.42 Å². The minimum atomic E-state index is -0.111. The van der Waals surface area contributed by atoms with Crippen molar-refractivity contribution in [1.29, 1.82) is 0 Å². The zero-order valence-electron chi connectivity index (χ0n) is 7.33. The van der Waals surface area contributed by atoms with E-state index >= 15 is 0 Å². The zero-order chi connectivity index (χ0) is 8.85. The van der Waals surface area contributed by atoms with Crippen LogP contribution in [0.4, 0.5) is 0 Å². The highest BCUT2D eigenvalue weighted by Gasteiger charge is 2.18. The van der Waals surface area contributed by atoms with Gasteiger partial charge in [0.05, 0.1) is 13.0 Å². The smallest absolute Gasteiger partial charge is 0.250 e. The summed E-state index contributed by atoms with van der Waals surface area (Å²) in [7, 11) is 3.04. The van der Waals surface area contributed by atoms with Crippen molar-refractivity contribution in [3.63, 3.8) is 0 Å². The van der Waals surface area contributed by atoms with E-state index in [1.165, 1.54) is 12.2 Å². The Labute approximate surface area is 67.3 Å². The molecule has 0 saturated carbocycles. The van der Waals surface area contributed by atoms with Gasteiger partial charge in [-0.1, -0.05) is 6.92 Å². The van der Waals surface area contributed by atoms with E-state index < -0.39 is 0 Å². The predicted molar refractivity (Wildman–Crippen MR) is 42.6 cm³/mol. The molecule has 0 aliphatic carbocycles. The van der Waals surface area contributed by atoms with Crippen molar-refractivity contribution >= 4 is 5.91 Å². The minimum Gasteiger partial charge on any atom is -0.330 e. The second kappa shape index (κ2) is 5.09. The summed E-state index contributed by atoms with van der Waals surface area (Å²) < 4.78 is 0. The first-order valence-electron chi connectivity index (χ1n) is 3.69. The van der Waals surface area contributed by atoms with Crippen LogP contribution in [-0.4, -0.2) is 31.7 Å². The first-order valence-corrected chi connectivity index (χ1v) is 3.69. The van der Waals surface area contributed by atoms with E-state index in [9.17, 15) is 4.79 Å². The number of hydrogen-bond acceptors (Lipinski definition) is 3. The number of hydroxylamine groups is 2. The molecule has 1 amide bonds. The summed E-state index contributed by atoms with van der Waals surface area (Å²) in [6, 6.07) is 0. The summed E-state index contributed by atoms with van der Waals surface area (Å²) in [6.45, 7) is 2.31. The van der Waals surface area contributed by atoms with Crippen molar-refractivity contribution in [2.75, 3.05) is 20.7 Å². The maximum atomic E-state index is 11.3. The van der Waals surface area contributed by atoms with E-state index in [1.54, 1.807) is 7.05 Å². The molecule has 0 bridgehead atoms. The van der Waals surface area contributed by atoms with Crippen molar-refractivity contribution in [2.24, 2.45) is 11.7 Å². The number of nitrogens with zero attached hydrogens (tertiary/aromatic N) is 1. The van der Waals surface area contributed by atoms with Crippen LogP contribution in [0.25, 0.3) is 0 Å². The molecule has 0 fully saturated rings. The lowest BCUT2D eigenvalue weighted by Crippen LogP contribution is -2.35. The summed E-state index contributed by atoms with van der Waals surface area (Å²) in [5, 5.41) is 1.21. The van der Waals surface area contributed by atoms with Crippen LogP contribution in [-0.2, 0) is 9.63 Å². The fourth-order valence-corrected chi connectivity index (χ4v) is 0.789. The average molecular weight is 160 g/mol. The van der Waals surface area contributed by atoms with Gasteiger partial charge in [-0.25, -0.2) is 5.06 Å². The molecule has 0 spiro atoms. The van der Waals surface area contributed by atoms with Crippen LogP contribution in [0.5, 0.6) is 0 Å².